The number of carboxylic acids is 1. The maximum absolute atomic E-state index is 12.0. The molecule has 2 rings (SSSR count). The van der Waals surface area contributed by atoms with Crippen LogP contribution in [0.15, 0.2) is 0 Å². The van der Waals surface area contributed by atoms with Crippen LogP contribution in [0.1, 0.15) is 39.0 Å². The molecule has 1 aliphatic heterocycles. The van der Waals surface area contributed by atoms with Crippen molar-refractivity contribution in [1.82, 2.24) is 10.2 Å². The second kappa shape index (κ2) is 4.55. The first-order valence-corrected chi connectivity index (χ1v) is 6.27. The topological polar surface area (TPSA) is 69.6 Å². The van der Waals surface area contributed by atoms with Crippen LogP contribution < -0.4 is 5.32 Å². The number of likely N-dealkylation sites (tertiary alicyclic amines) is 1. The highest BCUT2D eigenvalue weighted by Crippen LogP contribution is 2.31. The van der Waals surface area contributed by atoms with Crippen LogP contribution in [0.25, 0.3) is 0 Å². The molecule has 2 fully saturated rings. The van der Waals surface area contributed by atoms with Gasteiger partial charge in [-0.2, -0.15) is 0 Å². The fourth-order valence-corrected chi connectivity index (χ4v) is 2.60. The van der Waals surface area contributed by atoms with E-state index in [1.54, 1.807) is 4.90 Å². The summed E-state index contributed by atoms with van der Waals surface area (Å²) in [5.74, 6) is -0.657. The Morgan fingerprint density at radius 3 is 2.71 bits per heavy atom. The highest BCUT2D eigenvalue weighted by Gasteiger charge is 2.36. The number of carbonyl (C=O) groups excluding carboxylic acids is 1. The summed E-state index contributed by atoms with van der Waals surface area (Å²) in [4.78, 5) is 24.3. The van der Waals surface area contributed by atoms with Gasteiger partial charge >= 0.3 is 12.0 Å². The zero-order valence-electron chi connectivity index (χ0n) is 10.2. The Morgan fingerprint density at radius 2 is 2.18 bits per heavy atom. The van der Waals surface area contributed by atoms with Crippen LogP contribution in [0.2, 0.25) is 0 Å². The van der Waals surface area contributed by atoms with Crippen molar-refractivity contribution in [2.45, 2.75) is 44.6 Å². The minimum absolute atomic E-state index is 0.0258. The minimum atomic E-state index is -0.775. The number of amides is 2. The zero-order valence-corrected chi connectivity index (χ0v) is 10.2. The standard InChI is InChI=1S/C12H20N2O3/c1-12(4-2-5-12)13-11(17)14-6-3-9(8-14)7-10(15)16/h9H,2-8H2,1H3,(H,13,17)(H,15,16). The van der Waals surface area contributed by atoms with E-state index in [-0.39, 0.29) is 23.9 Å². The average molecular weight is 240 g/mol. The maximum atomic E-state index is 12.0. The van der Waals surface area contributed by atoms with Gasteiger partial charge in [0.25, 0.3) is 0 Å². The SMILES string of the molecule is CC1(NC(=O)N2CCC(CC(=O)O)C2)CCC1. The van der Waals surface area contributed by atoms with E-state index in [9.17, 15) is 9.59 Å². The van der Waals surface area contributed by atoms with E-state index in [2.05, 4.69) is 12.2 Å². The third-order valence-corrected chi connectivity index (χ3v) is 3.90. The van der Waals surface area contributed by atoms with Crippen molar-refractivity contribution in [3.8, 4) is 0 Å². The van der Waals surface area contributed by atoms with Crippen molar-refractivity contribution < 1.29 is 14.7 Å². The molecule has 2 N–H and O–H groups in total. The van der Waals surface area contributed by atoms with Gasteiger partial charge in [0.05, 0.1) is 0 Å². The molecule has 1 saturated heterocycles. The Hall–Kier alpha value is -1.26. The molecule has 1 heterocycles. The predicted molar refractivity (Wildman–Crippen MR) is 62.7 cm³/mol. The summed E-state index contributed by atoms with van der Waals surface area (Å²) in [5.41, 5.74) is -0.0258. The van der Waals surface area contributed by atoms with Gasteiger partial charge in [0, 0.05) is 25.0 Å². The molecule has 1 saturated carbocycles. The Bertz CT molecular complexity index is 326. The number of aliphatic carboxylic acids is 1. The quantitative estimate of drug-likeness (QED) is 0.784. The smallest absolute Gasteiger partial charge is 0.317 e. The zero-order chi connectivity index (χ0) is 12.5. The molecule has 0 aromatic rings. The molecule has 0 bridgehead atoms. The first kappa shape index (κ1) is 12.2. The van der Waals surface area contributed by atoms with Crippen molar-refractivity contribution in [3.63, 3.8) is 0 Å². The van der Waals surface area contributed by atoms with Crippen LogP contribution in [0, 0.1) is 5.92 Å². The van der Waals surface area contributed by atoms with E-state index in [1.165, 1.54) is 6.42 Å². The molecule has 17 heavy (non-hydrogen) atoms. The monoisotopic (exact) mass is 240 g/mol. The number of hydrogen-bond acceptors (Lipinski definition) is 2. The molecule has 2 aliphatic rings. The summed E-state index contributed by atoms with van der Waals surface area (Å²) in [7, 11) is 0. The third kappa shape index (κ3) is 2.90. The number of nitrogens with one attached hydrogen (secondary N) is 1. The summed E-state index contributed by atoms with van der Waals surface area (Å²) in [6, 6.07) is -0.0277. The fourth-order valence-electron chi connectivity index (χ4n) is 2.60. The van der Waals surface area contributed by atoms with Gasteiger partial charge in [0.1, 0.15) is 0 Å². The Morgan fingerprint density at radius 1 is 1.47 bits per heavy atom. The molecule has 96 valence electrons. The van der Waals surface area contributed by atoms with E-state index < -0.39 is 5.97 Å². The Kier molecular flexibility index (Phi) is 3.26. The summed E-state index contributed by atoms with van der Waals surface area (Å²) < 4.78 is 0. The number of hydrogen-bond donors (Lipinski definition) is 2. The summed E-state index contributed by atoms with van der Waals surface area (Å²) in [6.07, 6.45) is 4.24. The predicted octanol–water partition coefficient (Wildman–Crippen LogP) is 1.44. The lowest BCUT2D eigenvalue weighted by Gasteiger charge is -2.40. The van der Waals surface area contributed by atoms with Gasteiger partial charge in [-0.1, -0.05) is 0 Å². The number of carboxylic acid groups (broad SMARTS) is 1. The molecule has 5 heteroatoms. The van der Waals surface area contributed by atoms with E-state index in [0.717, 1.165) is 19.3 Å². The van der Waals surface area contributed by atoms with Crippen molar-refractivity contribution in [1.29, 1.82) is 0 Å². The molecule has 1 aliphatic carbocycles. The molecular weight excluding hydrogens is 220 g/mol. The van der Waals surface area contributed by atoms with E-state index >= 15 is 0 Å². The van der Waals surface area contributed by atoms with E-state index in [1.807, 2.05) is 0 Å². The van der Waals surface area contributed by atoms with E-state index in [4.69, 9.17) is 5.11 Å². The fraction of sp³-hybridized carbons (Fsp3) is 0.833. The highest BCUT2D eigenvalue weighted by molar-refractivity contribution is 5.75. The number of rotatable bonds is 3. The summed E-state index contributed by atoms with van der Waals surface area (Å²) in [6.45, 7) is 3.33. The van der Waals surface area contributed by atoms with E-state index in [0.29, 0.717) is 13.1 Å². The molecule has 0 radical (unpaired) electrons. The first-order chi connectivity index (χ1) is 7.98. The first-order valence-electron chi connectivity index (χ1n) is 6.27. The van der Waals surface area contributed by atoms with Gasteiger partial charge < -0.3 is 15.3 Å². The highest BCUT2D eigenvalue weighted by atomic mass is 16.4. The van der Waals surface area contributed by atoms with Crippen molar-refractivity contribution in [2.75, 3.05) is 13.1 Å². The van der Waals surface area contributed by atoms with Crippen molar-refractivity contribution >= 4 is 12.0 Å². The lowest BCUT2D eigenvalue weighted by Crippen LogP contribution is -2.54. The number of carbonyl (C=O) groups is 2. The van der Waals surface area contributed by atoms with Gasteiger partial charge in [0.15, 0.2) is 0 Å². The third-order valence-electron chi connectivity index (χ3n) is 3.90. The lowest BCUT2D eigenvalue weighted by atomic mass is 9.79. The van der Waals surface area contributed by atoms with Crippen LogP contribution in [-0.2, 0) is 4.79 Å². The summed E-state index contributed by atoms with van der Waals surface area (Å²) >= 11 is 0. The number of nitrogens with zero attached hydrogens (tertiary/aromatic N) is 1. The normalized spacial score (nSPS) is 26.4. The van der Waals surface area contributed by atoms with Gasteiger partial charge in [-0.15, -0.1) is 0 Å². The molecule has 5 nitrogen and oxygen atoms in total. The molecule has 1 unspecified atom stereocenters. The van der Waals surface area contributed by atoms with Crippen molar-refractivity contribution in [2.24, 2.45) is 5.92 Å². The van der Waals surface area contributed by atoms with Crippen LogP contribution in [0.3, 0.4) is 0 Å². The molecule has 1 atom stereocenters. The maximum Gasteiger partial charge on any atom is 0.317 e. The molecule has 0 aromatic carbocycles. The molecule has 0 spiro atoms. The lowest BCUT2D eigenvalue weighted by molar-refractivity contribution is -0.138. The molecular formula is C12H20N2O3. The average Bonchev–Trinajstić information content (AvgIpc) is 2.62. The Balaban J connectivity index is 1.79. The number of urea groups is 1. The van der Waals surface area contributed by atoms with Crippen LogP contribution in [0.5, 0.6) is 0 Å². The van der Waals surface area contributed by atoms with Crippen molar-refractivity contribution in [3.05, 3.63) is 0 Å². The van der Waals surface area contributed by atoms with Crippen LogP contribution >= 0.6 is 0 Å². The van der Waals surface area contributed by atoms with Gasteiger partial charge in [-0.25, -0.2) is 4.79 Å². The van der Waals surface area contributed by atoms with Gasteiger partial charge in [-0.05, 0) is 38.5 Å². The second-order valence-electron chi connectivity index (χ2n) is 5.54. The molecule has 2 amide bonds. The molecule has 0 aromatic heterocycles. The summed E-state index contributed by atoms with van der Waals surface area (Å²) in [5, 5.41) is 11.8. The van der Waals surface area contributed by atoms with Crippen LogP contribution in [-0.4, -0.2) is 40.6 Å². The van der Waals surface area contributed by atoms with Gasteiger partial charge in [-0.3, -0.25) is 4.79 Å². The van der Waals surface area contributed by atoms with Gasteiger partial charge in [0.2, 0.25) is 0 Å². The van der Waals surface area contributed by atoms with Crippen LogP contribution in [0.4, 0.5) is 4.79 Å². The second-order valence-corrected chi connectivity index (χ2v) is 5.54. The minimum Gasteiger partial charge on any atom is -0.481 e. The Labute approximate surface area is 101 Å². The largest absolute Gasteiger partial charge is 0.481 e.